The summed E-state index contributed by atoms with van der Waals surface area (Å²) in [5.41, 5.74) is 2.29. The molecule has 0 saturated heterocycles. The van der Waals surface area contributed by atoms with Crippen LogP contribution in [0.4, 0.5) is 0 Å². The molecule has 0 aliphatic carbocycles. The highest BCUT2D eigenvalue weighted by molar-refractivity contribution is 7.99. The summed E-state index contributed by atoms with van der Waals surface area (Å²) in [5.74, 6) is 1.25. The number of thioether (sulfide) groups is 2. The second kappa shape index (κ2) is 12.9. The van der Waals surface area contributed by atoms with Gasteiger partial charge < -0.3 is 4.74 Å². The van der Waals surface area contributed by atoms with Crippen molar-refractivity contribution in [2.24, 2.45) is 0 Å². The average molecular weight is 370 g/mol. The van der Waals surface area contributed by atoms with Gasteiger partial charge in [-0.25, -0.2) is 4.79 Å². The molecule has 1 aromatic rings. The molecule has 0 saturated carbocycles. The van der Waals surface area contributed by atoms with Crippen molar-refractivity contribution in [3.05, 3.63) is 42.0 Å². The van der Waals surface area contributed by atoms with Crippen LogP contribution in [0.1, 0.15) is 24.5 Å². The second-order valence-corrected chi connectivity index (χ2v) is 6.91. The van der Waals surface area contributed by atoms with Crippen LogP contribution in [0.25, 0.3) is 6.08 Å². The summed E-state index contributed by atoms with van der Waals surface area (Å²) in [6, 6.07) is 8.12. The molecule has 132 valence electrons. The van der Waals surface area contributed by atoms with Crippen molar-refractivity contribution in [1.29, 1.82) is 0 Å². The minimum absolute atomic E-state index is 0.244. The molecule has 24 heavy (non-hydrogen) atoms. The minimum atomic E-state index is -0.744. The lowest BCUT2D eigenvalue weighted by molar-refractivity contribution is -0.268. The summed E-state index contributed by atoms with van der Waals surface area (Å²) in [6.07, 6.45) is 1.37. The van der Waals surface area contributed by atoms with Crippen molar-refractivity contribution in [2.45, 2.75) is 19.1 Å². The van der Waals surface area contributed by atoms with Crippen molar-refractivity contribution >= 4 is 41.5 Å². The van der Waals surface area contributed by atoms with Crippen molar-refractivity contribution in [1.82, 2.24) is 0 Å². The lowest BCUT2D eigenvalue weighted by Gasteiger charge is -2.05. The normalized spacial score (nSPS) is 10.2. The van der Waals surface area contributed by atoms with E-state index in [1.807, 2.05) is 31.2 Å². The number of hydrogen-bond donors (Lipinski definition) is 0. The lowest BCUT2D eigenvalue weighted by Crippen LogP contribution is -2.14. The first-order valence-electron chi connectivity index (χ1n) is 7.50. The summed E-state index contributed by atoms with van der Waals surface area (Å²) in [5, 5.41) is 0. The van der Waals surface area contributed by atoms with Gasteiger partial charge in [0.2, 0.25) is 0 Å². The second-order valence-electron chi connectivity index (χ2n) is 4.58. The van der Waals surface area contributed by atoms with Gasteiger partial charge in [-0.05, 0) is 16.9 Å². The standard InChI is InChI=1S/C17H22O5S2/c1-3-14-5-7-15(8-6-14)12-24-10-9-21-22-17(19)11-16(18)20-13-23-4-2/h3,5-8H,1,4,9-13H2,2H3. The molecule has 0 aliphatic rings. The highest BCUT2D eigenvalue weighted by Crippen LogP contribution is 2.13. The first kappa shape index (κ1) is 20.6. The molecule has 7 heteroatoms. The molecule has 0 aromatic heterocycles. The van der Waals surface area contributed by atoms with Gasteiger partial charge in [-0.3, -0.25) is 9.68 Å². The third-order valence-electron chi connectivity index (χ3n) is 2.74. The predicted molar refractivity (Wildman–Crippen MR) is 98.4 cm³/mol. The van der Waals surface area contributed by atoms with Crippen LogP contribution in [-0.2, 0) is 29.9 Å². The van der Waals surface area contributed by atoms with Crippen LogP contribution in [0.2, 0.25) is 0 Å². The third-order valence-corrected chi connectivity index (χ3v) is 4.43. The van der Waals surface area contributed by atoms with E-state index in [1.54, 1.807) is 17.8 Å². The number of esters is 1. The van der Waals surface area contributed by atoms with Crippen molar-refractivity contribution < 1.29 is 24.1 Å². The van der Waals surface area contributed by atoms with E-state index >= 15 is 0 Å². The van der Waals surface area contributed by atoms with E-state index in [-0.39, 0.29) is 12.5 Å². The molecule has 0 bridgehead atoms. The summed E-state index contributed by atoms with van der Waals surface area (Å²) < 4.78 is 4.82. The molecule has 0 N–H and O–H groups in total. The SMILES string of the molecule is C=Cc1ccc(CSCCOOC(=O)CC(=O)OCSCC)cc1. The molecule has 0 radical (unpaired) electrons. The Balaban J connectivity index is 2.03. The molecule has 0 amide bonds. The van der Waals surface area contributed by atoms with Crippen LogP contribution in [0.5, 0.6) is 0 Å². The van der Waals surface area contributed by atoms with Gasteiger partial charge in [-0.2, -0.15) is 16.6 Å². The van der Waals surface area contributed by atoms with Crippen LogP contribution in [0.3, 0.4) is 0 Å². The summed E-state index contributed by atoms with van der Waals surface area (Å²) in [4.78, 5) is 31.9. The van der Waals surface area contributed by atoms with Gasteiger partial charge in [-0.15, -0.1) is 11.8 Å². The van der Waals surface area contributed by atoms with Gasteiger partial charge in [-0.1, -0.05) is 43.8 Å². The number of ether oxygens (including phenoxy) is 1. The molecule has 0 unspecified atom stereocenters. The Morgan fingerprint density at radius 3 is 2.58 bits per heavy atom. The van der Waals surface area contributed by atoms with Gasteiger partial charge in [0.1, 0.15) is 19.0 Å². The minimum Gasteiger partial charge on any atom is -0.454 e. The van der Waals surface area contributed by atoms with E-state index in [9.17, 15) is 9.59 Å². The van der Waals surface area contributed by atoms with E-state index in [0.717, 1.165) is 17.1 Å². The number of carbonyl (C=O) groups excluding carboxylic acids is 2. The van der Waals surface area contributed by atoms with Crippen molar-refractivity contribution in [3.63, 3.8) is 0 Å². The Kier molecular flexibility index (Phi) is 11.1. The Labute approximate surface area is 151 Å². The van der Waals surface area contributed by atoms with Crippen LogP contribution >= 0.6 is 23.5 Å². The smallest absolute Gasteiger partial charge is 0.353 e. The van der Waals surface area contributed by atoms with E-state index < -0.39 is 18.4 Å². The molecule has 0 heterocycles. The molecule has 0 aliphatic heterocycles. The Morgan fingerprint density at radius 2 is 1.92 bits per heavy atom. The number of rotatable bonds is 12. The van der Waals surface area contributed by atoms with Gasteiger partial charge >= 0.3 is 11.9 Å². The van der Waals surface area contributed by atoms with Crippen LogP contribution in [-0.4, -0.2) is 36.0 Å². The Hall–Kier alpha value is -1.44. The van der Waals surface area contributed by atoms with Gasteiger partial charge in [0.15, 0.2) is 0 Å². The monoisotopic (exact) mass is 370 g/mol. The molecule has 5 nitrogen and oxygen atoms in total. The molecular weight excluding hydrogens is 348 g/mol. The van der Waals surface area contributed by atoms with Crippen molar-refractivity contribution in [3.8, 4) is 0 Å². The summed E-state index contributed by atoms with van der Waals surface area (Å²) in [7, 11) is 0. The number of carbonyl (C=O) groups is 2. The first-order chi connectivity index (χ1) is 11.7. The molecular formula is C17H22O5S2. The van der Waals surface area contributed by atoms with Crippen LogP contribution in [0.15, 0.2) is 30.8 Å². The topological polar surface area (TPSA) is 61.8 Å². The fourth-order valence-electron chi connectivity index (χ4n) is 1.53. The maximum atomic E-state index is 11.3. The van der Waals surface area contributed by atoms with E-state index in [4.69, 9.17) is 9.62 Å². The van der Waals surface area contributed by atoms with Gasteiger partial charge in [0.25, 0.3) is 0 Å². The largest absolute Gasteiger partial charge is 0.454 e. The van der Waals surface area contributed by atoms with Crippen molar-refractivity contribution in [2.75, 3.05) is 24.1 Å². The fourth-order valence-corrected chi connectivity index (χ4v) is 2.67. The van der Waals surface area contributed by atoms with Crippen LogP contribution in [0, 0.1) is 0 Å². The molecule has 0 atom stereocenters. The Morgan fingerprint density at radius 1 is 1.17 bits per heavy atom. The zero-order valence-corrected chi connectivity index (χ0v) is 15.3. The Bertz CT molecular complexity index is 516. The molecule has 0 fully saturated rings. The number of benzene rings is 1. The quantitative estimate of drug-likeness (QED) is 0.139. The highest BCUT2D eigenvalue weighted by atomic mass is 32.2. The molecule has 0 spiro atoms. The zero-order chi connectivity index (χ0) is 17.6. The fraction of sp³-hybridized carbons (Fsp3) is 0.412. The van der Waals surface area contributed by atoms with E-state index in [0.29, 0.717) is 5.75 Å². The van der Waals surface area contributed by atoms with E-state index in [1.165, 1.54) is 17.3 Å². The third kappa shape index (κ3) is 9.64. The first-order valence-corrected chi connectivity index (χ1v) is 9.81. The van der Waals surface area contributed by atoms with Crippen LogP contribution < -0.4 is 0 Å². The maximum absolute atomic E-state index is 11.3. The predicted octanol–water partition coefficient (Wildman–Crippen LogP) is 3.68. The number of hydrogen-bond acceptors (Lipinski definition) is 7. The average Bonchev–Trinajstić information content (AvgIpc) is 2.58. The zero-order valence-electron chi connectivity index (χ0n) is 13.7. The van der Waals surface area contributed by atoms with E-state index in [2.05, 4.69) is 11.5 Å². The molecule has 1 rings (SSSR count). The lowest BCUT2D eigenvalue weighted by atomic mass is 10.1. The van der Waals surface area contributed by atoms with Gasteiger partial charge in [0, 0.05) is 11.5 Å². The maximum Gasteiger partial charge on any atom is 0.353 e. The summed E-state index contributed by atoms with van der Waals surface area (Å²) in [6.45, 7) is 5.93. The van der Waals surface area contributed by atoms with Gasteiger partial charge in [0.05, 0.1) is 0 Å². The highest BCUT2D eigenvalue weighted by Gasteiger charge is 2.13. The molecule has 1 aromatic carbocycles. The summed E-state index contributed by atoms with van der Waals surface area (Å²) >= 11 is 3.12.